The van der Waals surface area contributed by atoms with Crippen LogP contribution in [0.4, 0.5) is 5.69 Å². The van der Waals surface area contributed by atoms with E-state index < -0.39 is 12.3 Å². The van der Waals surface area contributed by atoms with Crippen molar-refractivity contribution in [2.45, 2.75) is 44.4 Å². The van der Waals surface area contributed by atoms with Gasteiger partial charge in [-0.2, -0.15) is 0 Å². The lowest BCUT2D eigenvalue weighted by Crippen LogP contribution is -2.27. The second-order valence-electron chi connectivity index (χ2n) is 5.50. The van der Waals surface area contributed by atoms with Crippen molar-refractivity contribution >= 4 is 17.5 Å². The number of rotatable bonds is 8. The van der Waals surface area contributed by atoms with E-state index in [9.17, 15) is 9.90 Å². The summed E-state index contributed by atoms with van der Waals surface area (Å²) < 4.78 is 4.48. The highest BCUT2D eigenvalue weighted by Crippen LogP contribution is 2.23. The zero-order valence-electron chi connectivity index (χ0n) is 13.2. The molecule has 1 aliphatic rings. The van der Waals surface area contributed by atoms with Crippen LogP contribution in [0.5, 0.6) is 0 Å². The van der Waals surface area contributed by atoms with Gasteiger partial charge in [-0.15, -0.1) is 0 Å². The van der Waals surface area contributed by atoms with E-state index >= 15 is 0 Å². The van der Waals surface area contributed by atoms with E-state index in [0.29, 0.717) is 11.6 Å². The number of carbonyl (C=O) groups excluding carboxylic acids is 1. The summed E-state index contributed by atoms with van der Waals surface area (Å²) in [6.07, 6.45) is 2.56. The SMILES string of the molecule is COC(=O)CCC(O)O/N=C(\N)c1cccc(NC2CCC2)c1. The van der Waals surface area contributed by atoms with Crippen molar-refractivity contribution in [2.24, 2.45) is 10.9 Å². The molecule has 1 unspecified atom stereocenters. The van der Waals surface area contributed by atoms with E-state index in [-0.39, 0.29) is 18.7 Å². The molecule has 1 atom stereocenters. The first-order chi connectivity index (χ1) is 11.1. The van der Waals surface area contributed by atoms with Crippen molar-refractivity contribution < 1.29 is 19.5 Å². The normalized spacial score (nSPS) is 16.3. The summed E-state index contributed by atoms with van der Waals surface area (Å²) in [6, 6.07) is 8.09. The molecule has 2 rings (SSSR count). The number of aliphatic hydroxyl groups excluding tert-OH is 1. The van der Waals surface area contributed by atoms with Crippen molar-refractivity contribution in [3.8, 4) is 0 Å². The first-order valence-electron chi connectivity index (χ1n) is 7.69. The number of nitrogens with zero attached hydrogens (tertiary/aromatic N) is 1. The van der Waals surface area contributed by atoms with Gasteiger partial charge >= 0.3 is 5.97 Å². The van der Waals surface area contributed by atoms with Crippen molar-refractivity contribution in [3.05, 3.63) is 29.8 Å². The van der Waals surface area contributed by atoms with Gasteiger partial charge in [0.2, 0.25) is 6.29 Å². The number of hydrogen-bond acceptors (Lipinski definition) is 6. The van der Waals surface area contributed by atoms with Gasteiger partial charge < -0.3 is 25.7 Å². The van der Waals surface area contributed by atoms with Gasteiger partial charge in [0.15, 0.2) is 5.84 Å². The van der Waals surface area contributed by atoms with Gasteiger partial charge in [0, 0.05) is 23.7 Å². The topological polar surface area (TPSA) is 106 Å². The molecule has 7 nitrogen and oxygen atoms in total. The fourth-order valence-corrected chi connectivity index (χ4v) is 2.12. The maximum Gasteiger partial charge on any atom is 0.305 e. The number of benzene rings is 1. The Morgan fingerprint density at radius 2 is 2.30 bits per heavy atom. The summed E-state index contributed by atoms with van der Waals surface area (Å²) in [5.41, 5.74) is 7.55. The molecule has 126 valence electrons. The Balaban J connectivity index is 1.86. The molecule has 1 aromatic carbocycles. The third-order valence-electron chi connectivity index (χ3n) is 3.73. The van der Waals surface area contributed by atoms with Gasteiger partial charge in [-0.1, -0.05) is 17.3 Å². The van der Waals surface area contributed by atoms with Crippen molar-refractivity contribution in [2.75, 3.05) is 12.4 Å². The average Bonchev–Trinajstić information content (AvgIpc) is 2.54. The highest BCUT2D eigenvalue weighted by atomic mass is 16.7. The fraction of sp³-hybridized carbons (Fsp3) is 0.500. The van der Waals surface area contributed by atoms with E-state index in [0.717, 1.165) is 5.69 Å². The number of anilines is 1. The summed E-state index contributed by atoms with van der Waals surface area (Å²) in [4.78, 5) is 15.9. The summed E-state index contributed by atoms with van der Waals surface area (Å²) in [5.74, 6) is -0.251. The third kappa shape index (κ3) is 5.45. The number of oxime groups is 1. The van der Waals surface area contributed by atoms with Gasteiger partial charge in [0.25, 0.3) is 0 Å². The van der Waals surface area contributed by atoms with Crippen LogP contribution in [0, 0.1) is 0 Å². The highest BCUT2D eigenvalue weighted by molar-refractivity contribution is 5.97. The van der Waals surface area contributed by atoms with E-state index in [1.165, 1.54) is 26.4 Å². The summed E-state index contributed by atoms with van der Waals surface area (Å²) in [7, 11) is 1.29. The lowest BCUT2D eigenvalue weighted by molar-refractivity contribution is -0.145. The van der Waals surface area contributed by atoms with Crippen LogP contribution in [0.2, 0.25) is 0 Å². The Bertz CT molecular complexity index is 558. The number of carbonyl (C=O) groups is 1. The van der Waals surface area contributed by atoms with Gasteiger partial charge in [-0.25, -0.2) is 0 Å². The van der Waals surface area contributed by atoms with E-state index in [1.54, 1.807) is 0 Å². The first-order valence-corrected chi connectivity index (χ1v) is 7.69. The van der Waals surface area contributed by atoms with E-state index in [1.807, 2.05) is 24.3 Å². The molecular weight excluding hydrogens is 298 g/mol. The first kappa shape index (κ1) is 17.1. The van der Waals surface area contributed by atoms with Crippen LogP contribution < -0.4 is 11.1 Å². The van der Waals surface area contributed by atoms with E-state index in [4.69, 9.17) is 10.6 Å². The standard InChI is InChI=1S/C16H23N3O4/c1-22-14(20)8-9-15(21)23-19-16(17)11-4-2-7-13(10-11)18-12-5-3-6-12/h2,4,7,10,12,15,18,21H,3,5-6,8-9H2,1H3,(H2,17,19). The quantitative estimate of drug-likeness (QED) is 0.221. The number of aliphatic hydroxyl groups is 1. The monoisotopic (exact) mass is 321 g/mol. The maximum absolute atomic E-state index is 11.0. The van der Waals surface area contributed by atoms with Gasteiger partial charge in [0.1, 0.15) is 0 Å². The largest absolute Gasteiger partial charge is 0.469 e. The molecule has 0 spiro atoms. The van der Waals surface area contributed by atoms with Gasteiger partial charge in [0.05, 0.1) is 13.5 Å². The minimum absolute atomic E-state index is 0.0495. The number of amidine groups is 1. The van der Waals surface area contributed by atoms with Crippen molar-refractivity contribution in [1.82, 2.24) is 0 Å². The third-order valence-corrected chi connectivity index (χ3v) is 3.73. The minimum atomic E-state index is -1.20. The molecule has 0 heterocycles. The molecule has 0 amide bonds. The predicted molar refractivity (Wildman–Crippen MR) is 86.8 cm³/mol. The van der Waals surface area contributed by atoms with Crippen LogP contribution in [-0.4, -0.2) is 36.4 Å². The number of nitrogens with two attached hydrogens (primary N) is 1. The maximum atomic E-state index is 11.0. The zero-order chi connectivity index (χ0) is 16.7. The minimum Gasteiger partial charge on any atom is -0.469 e. The number of ether oxygens (including phenoxy) is 1. The van der Waals surface area contributed by atoms with Crippen LogP contribution in [0.1, 0.15) is 37.7 Å². The Hall–Kier alpha value is -2.28. The molecule has 1 fully saturated rings. The molecule has 23 heavy (non-hydrogen) atoms. The average molecular weight is 321 g/mol. The number of nitrogens with one attached hydrogen (secondary N) is 1. The Morgan fingerprint density at radius 1 is 1.52 bits per heavy atom. The zero-order valence-corrected chi connectivity index (χ0v) is 13.2. The number of hydrogen-bond donors (Lipinski definition) is 3. The Labute approximate surface area is 135 Å². The van der Waals surface area contributed by atoms with Crippen molar-refractivity contribution in [3.63, 3.8) is 0 Å². The molecule has 0 aliphatic heterocycles. The smallest absolute Gasteiger partial charge is 0.305 e. The summed E-state index contributed by atoms with van der Waals surface area (Å²) in [5, 5.41) is 16.7. The molecular formula is C16H23N3O4. The van der Waals surface area contributed by atoms with Crippen LogP contribution in [0.3, 0.4) is 0 Å². The van der Waals surface area contributed by atoms with Gasteiger partial charge in [-0.05, 0) is 31.4 Å². The lowest BCUT2D eigenvalue weighted by atomic mass is 9.93. The predicted octanol–water partition coefficient (Wildman–Crippen LogP) is 1.56. The molecule has 0 radical (unpaired) electrons. The van der Waals surface area contributed by atoms with Crippen LogP contribution in [0.25, 0.3) is 0 Å². The lowest BCUT2D eigenvalue weighted by Gasteiger charge is -2.27. The van der Waals surface area contributed by atoms with Crippen LogP contribution in [0.15, 0.2) is 29.4 Å². The number of methoxy groups -OCH3 is 1. The van der Waals surface area contributed by atoms with E-state index in [2.05, 4.69) is 15.2 Å². The molecule has 0 saturated heterocycles. The molecule has 7 heteroatoms. The molecule has 0 bridgehead atoms. The fourth-order valence-electron chi connectivity index (χ4n) is 2.12. The summed E-state index contributed by atoms with van der Waals surface area (Å²) in [6.45, 7) is 0. The number of esters is 1. The molecule has 1 saturated carbocycles. The van der Waals surface area contributed by atoms with Crippen LogP contribution in [-0.2, 0) is 14.4 Å². The molecule has 1 aromatic rings. The van der Waals surface area contributed by atoms with Crippen molar-refractivity contribution in [1.29, 1.82) is 0 Å². The Morgan fingerprint density at radius 3 is 2.96 bits per heavy atom. The molecule has 1 aliphatic carbocycles. The second-order valence-corrected chi connectivity index (χ2v) is 5.50. The van der Waals surface area contributed by atoms with Crippen LogP contribution >= 0.6 is 0 Å². The highest BCUT2D eigenvalue weighted by Gasteiger charge is 2.17. The second kappa shape index (κ2) is 8.38. The summed E-state index contributed by atoms with van der Waals surface area (Å²) >= 11 is 0. The molecule has 0 aromatic heterocycles. The Kier molecular flexibility index (Phi) is 6.22. The van der Waals surface area contributed by atoms with Gasteiger partial charge in [-0.3, -0.25) is 4.79 Å². The molecule has 4 N–H and O–H groups in total.